The average molecular weight is 283 g/mol. The van der Waals surface area contributed by atoms with Gasteiger partial charge in [-0.2, -0.15) is 5.10 Å². The third-order valence-electron chi connectivity index (χ3n) is 4.36. The van der Waals surface area contributed by atoms with Gasteiger partial charge in [-0.3, -0.25) is 9.48 Å². The number of nitrogens with zero attached hydrogens (tertiary/aromatic N) is 2. The zero-order valence-electron chi connectivity index (χ0n) is 13.0. The summed E-state index contributed by atoms with van der Waals surface area (Å²) in [5.41, 5.74) is 4.31. The van der Waals surface area contributed by atoms with E-state index in [1.54, 1.807) is 17.1 Å². The van der Waals surface area contributed by atoms with E-state index in [1.807, 2.05) is 19.2 Å². The number of aromatic nitrogens is 2. The lowest BCUT2D eigenvalue weighted by Crippen LogP contribution is -2.14. The van der Waals surface area contributed by atoms with Gasteiger partial charge in [0.25, 0.3) is 5.91 Å². The van der Waals surface area contributed by atoms with Crippen LogP contribution < -0.4 is 5.32 Å². The Kier molecular flexibility index (Phi) is 3.12. The average Bonchev–Trinajstić information content (AvgIpc) is 2.93. The van der Waals surface area contributed by atoms with Gasteiger partial charge in [-0.1, -0.05) is 32.9 Å². The molecule has 0 saturated carbocycles. The van der Waals surface area contributed by atoms with Crippen molar-refractivity contribution in [2.75, 3.05) is 5.32 Å². The highest BCUT2D eigenvalue weighted by molar-refractivity contribution is 6.04. The largest absolute Gasteiger partial charge is 0.322 e. The third kappa shape index (κ3) is 2.35. The third-order valence-corrected chi connectivity index (χ3v) is 4.36. The van der Waals surface area contributed by atoms with Crippen molar-refractivity contribution in [2.24, 2.45) is 7.05 Å². The van der Waals surface area contributed by atoms with Gasteiger partial charge in [0.15, 0.2) is 0 Å². The molecule has 3 rings (SSSR count). The highest BCUT2D eigenvalue weighted by atomic mass is 16.1. The Morgan fingerprint density at radius 3 is 2.86 bits per heavy atom. The molecule has 0 spiro atoms. The summed E-state index contributed by atoms with van der Waals surface area (Å²) in [5.74, 6) is 0.355. The summed E-state index contributed by atoms with van der Waals surface area (Å²) in [6, 6.07) is 6.20. The molecule has 0 fully saturated rings. The fraction of sp³-hybridized carbons (Fsp3) is 0.412. The second kappa shape index (κ2) is 4.72. The van der Waals surface area contributed by atoms with Gasteiger partial charge in [0.1, 0.15) is 0 Å². The van der Waals surface area contributed by atoms with Crippen molar-refractivity contribution < 1.29 is 4.79 Å². The van der Waals surface area contributed by atoms with Gasteiger partial charge < -0.3 is 5.32 Å². The van der Waals surface area contributed by atoms with Crippen LogP contribution in [0.3, 0.4) is 0 Å². The second-order valence-electron chi connectivity index (χ2n) is 6.61. The maximum atomic E-state index is 12.3. The molecule has 110 valence electrons. The molecule has 1 aromatic heterocycles. The smallest absolute Gasteiger partial charge is 0.258 e. The Hall–Kier alpha value is -2.10. The number of anilines is 1. The fourth-order valence-corrected chi connectivity index (χ4v) is 3.51. The molecule has 2 aromatic rings. The molecule has 1 atom stereocenters. The van der Waals surface area contributed by atoms with E-state index in [9.17, 15) is 4.79 Å². The molecule has 0 aliphatic heterocycles. The summed E-state index contributed by atoms with van der Waals surface area (Å²) < 4.78 is 1.63. The Bertz CT molecular complexity index is 700. The normalized spacial score (nSPS) is 19.3. The number of carbonyl (C=O) groups excluding carboxylic acids is 1. The molecule has 4 nitrogen and oxygen atoms in total. The van der Waals surface area contributed by atoms with Crippen LogP contribution in [-0.4, -0.2) is 15.7 Å². The molecular formula is C17H21N3O. The van der Waals surface area contributed by atoms with Gasteiger partial charge in [-0.15, -0.1) is 0 Å². The predicted octanol–water partition coefficient (Wildman–Crippen LogP) is 3.46. The predicted molar refractivity (Wildman–Crippen MR) is 83.7 cm³/mol. The van der Waals surface area contributed by atoms with Gasteiger partial charge in [0.2, 0.25) is 0 Å². The van der Waals surface area contributed by atoms with Crippen LogP contribution in [0.25, 0.3) is 0 Å². The van der Waals surface area contributed by atoms with Crippen LogP contribution in [0.5, 0.6) is 0 Å². The monoisotopic (exact) mass is 283 g/mol. The lowest BCUT2D eigenvalue weighted by atomic mass is 9.86. The Labute approximate surface area is 125 Å². The summed E-state index contributed by atoms with van der Waals surface area (Å²) in [5, 5.41) is 7.09. The van der Waals surface area contributed by atoms with Crippen LogP contribution in [0.4, 0.5) is 5.69 Å². The highest BCUT2D eigenvalue weighted by Gasteiger charge is 2.36. The number of fused-ring (bicyclic) bond motifs is 1. The molecule has 1 heterocycles. The van der Waals surface area contributed by atoms with Crippen LogP contribution in [-0.2, 0) is 12.5 Å². The number of carbonyl (C=O) groups is 1. The maximum absolute atomic E-state index is 12.3. The van der Waals surface area contributed by atoms with E-state index in [1.165, 1.54) is 11.1 Å². The van der Waals surface area contributed by atoms with Crippen molar-refractivity contribution in [3.63, 3.8) is 0 Å². The molecule has 1 aromatic carbocycles. The summed E-state index contributed by atoms with van der Waals surface area (Å²) in [7, 11) is 1.81. The molecule has 1 aliphatic carbocycles. The number of benzene rings is 1. The van der Waals surface area contributed by atoms with Crippen molar-refractivity contribution in [1.82, 2.24) is 9.78 Å². The first-order chi connectivity index (χ1) is 9.88. The Morgan fingerprint density at radius 1 is 1.43 bits per heavy atom. The summed E-state index contributed by atoms with van der Waals surface area (Å²) in [6.07, 6.45) is 4.43. The number of nitrogens with one attached hydrogen (secondary N) is 1. The molecule has 0 bridgehead atoms. The minimum absolute atomic E-state index is 0.103. The van der Waals surface area contributed by atoms with E-state index < -0.39 is 0 Å². The first kappa shape index (κ1) is 13.9. The molecule has 0 unspecified atom stereocenters. The fourth-order valence-electron chi connectivity index (χ4n) is 3.51. The molecule has 21 heavy (non-hydrogen) atoms. The first-order valence-electron chi connectivity index (χ1n) is 7.32. The van der Waals surface area contributed by atoms with Crippen molar-refractivity contribution in [2.45, 2.75) is 38.5 Å². The van der Waals surface area contributed by atoms with Crippen molar-refractivity contribution >= 4 is 11.6 Å². The van der Waals surface area contributed by atoms with E-state index in [-0.39, 0.29) is 11.3 Å². The van der Waals surface area contributed by atoms with E-state index in [2.05, 4.69) is 37.3 Å². The minimum Gasteiger partial charge on any atom is -0.322 e. The van der Waals surface area contributed by atoms with E-state index in [0.29, 0.717) is 11.5 Å². The molecule has 4 heteroatoms. The number of amides is 1. The van der Waals surface area contributed by atoms with Crippen LogP contribution in [0.15, 0.2) is 30.6 Å². The molecule has 1 N–H and O–H groups in total. The quantitative estimate of drug-likeness (QED) is 0.917. The first-order valence-corrected chi connectivity index (χ1v) is 7.32. The summed E-state index contributed by atoms with van der Waals surface area (Å²) >= 11 is 0. The van der Waals surface area contributed by atoms with Gasteiger partial charge >= 0.3 is 0 Å². The lowest BCUT2D eigenvalue weighted by molar-refractivity contribution is 0.102. The van der Waals surface area contributed by atoms with Gasteiger partial charge in [0, 0.05) is 18.9 Å². The number of hydrogen-bond acceptors (Lipinski definition) is 2. The van der Waals surface area contributed by atoms with E-state index in [0.717, 1.165) is 12.1 Å². The molecule has 1 amide bonds. The molecular weight excluding hydrogens is 262 g/mol. The van der Waals surface area contributed by atoms with Crippen molar-refractivity contribution in [1.29, 1.82) is 0 Å². The standard InChI is InChI=1S/C17H21N3O/c1-11-8-17(2,3)13-6-5-7-14(15(11)13)19-16(21)12-9-18-20(4)10-12/h5-7,9-11H,8H2,1-4H3,(H,19,21)/t11-/m1/s1. The SMILES string of the molecule is C[C@@H]1CC(C)(C)c2cccc(NC(=O)c3cnn(C)c3)c21. The maximum Gasteiger partial charge on any atom is 0.258 e. The molecule has 0 radical (unpaired) electrons. The van der Waals surface area contributed by atoms with Gasteiger partial charge in [-0.05, 0) is 34.9 Å². The van der Waals surface area contributed by atoms with Crippen molar-refractivity contribution in [3.05, 3.63) is 47.3 Å². The van der Waals surface area contributed by atoms with Crippen LogP contribution in [0.1, 0.15) is 54.6 Å². The van der Waals surface area contributed by atoms with Gasteiger partial charge in [0.05, 0.1) is 11.8 Å². The molecule has 0 saturated heterocycles. The number of rotatable bonds is 2. The topological polar surface area (TPSA) is 46.9 Å². The zero-order valence-corrected chi connectivity index (χ0v) is 13.0. The van der Waals surface area contributed by atoms with Crippen LogP contribution in [0.2, 0.25) is 0 Å². The minimum atomic E-state index is -0.103. The second-order valence-corrected chi connectivity index (χ2v) is 6.61. The molecule has 1 aliphatic rings. The summed E-state index contributed by atoms with van der Waals surface area (Å²) in [6.45, 7) is 6.76. The van der Waals surface area contributed by atoms with Gasteiger partial charge in [-0.25, -0.2) is 0 Å². The lowest BCUT2D eigenvalue weighted by Gasteiger charge is -2.19. The van der Waals surface area contributed by atoms with Crippen LogP contribution >= 0.6 is 0 Å². The van der Waals surface area contributed by atoms with Crippen LogP contribution in [0, 0.1) is 0 Å². The van der Waals surface area contributed by atoms with E-state index in [4.69, 9.17) is 0 Å². The van der Waals surface area contributed by atoms with E-state index >= 15 is 0 Å². The Morgan fingerprint density at radius 2 is 2.19 bits per heavy atom. The zero-order chi connectivity index (χ0) is 15.2. The Balaban J connectivity index is 1.94. The number of hydrogen-bond donors (Lipinski definition) is 1. The number of aryl methyl sites for hydroxylation is 1. The van der Waals surface area contributed by atoms with Crippen molar-refractivity contribution in [3.8, 4) is 0 Å². The highest BCUT2D eigenvalue weighted by Crippen LogP contribution is 2.48. The summed E-state index contributed by atoms with van der Waals surface area (Å²) in [4.78, 5) is 12.3.